The summed E-state index contributed by atoms with van der Waals surface area (Å²) in [5, 5.41) is 5.98. The lowest BCUT2D eigenvalue weighted by Gasteiger charge is -2.10. The van der Waals surface area contributed by atoms with Crippen molar-refractivity contribution in [3.05, 3.63) is 83.9 Å². The second-order valence-corrected chi connectivity index (χ2v) is 9.25. The van der Waals surface area contributed by atoms with E-state index >= 15 is 0 Å². The summed E-state index contributed by atoms with van der Waals surface area (Å²) < 4.78 is 5.21. The van der Waals surface area contributed by atoms with Gasteiger partial charge in [0.25, 0.3) is 0 Å². The van der Waals surface area contributed by atoms with Gasteiger partial charge in [-0.2, -0.15) is 0 Å². The molecule has 128 valence electrons. The molecule has 6 rings (SSSR count). The summed E-state index contributed by atoms with van der Waals surface area (Å²) >= 11 is 10.5. The molecule has 0 saturated heterocycles. The van der Waals surface area contributed by atoms with Gasteiger partial charge >= 0.3 is 0 Å². The third-order valence-corrected chi connectivity index (χ3v) is 7.75. The summed E-state index contributed by atoms with van der Waals surface area (Å²) in [5.74, 6) is 0. The van der Waals surface area contributed by atoms with E-state index in [1.807, 2.05) is 28.7 Å². The van der Waals surface area contributed by atoms with Crippen LogP contribution in [0.15, 0.2) is 78.9 Å². The van der Waals surface area contributed by atoms with Gasteiger partial charge in [-0.15, -0.1) is 22.7 Å². The molecule has 4 aromatic carbocycles. The van der Waals surface area contributed by atoms with Crippen molar-refractivity contribution in [3.63, 3.8) is 0 Å². The summed E-state index contributed by atoms with van der Waals surface area (Å²) in [5.41, 5.74) is 2.38. The largest absolute Gasteiger partial charge is 0.135 e. The summed E-state index contributed by atoms with van der Waals surface area (Å²) in [6.07, 6.45) is 0. The topological polar surface area (TPSA) is 0 Å². The summed E-state index contributed by atoms with van der Waals surface area (Å²) in [7, 11) is 0. The molecule has 0 aliphatic heterocycles. The first-order chi connectivity index (χ1) is 13.3. The molecule has 0 N–H and O–H groups in total. The number of hydrogen-bond donors (Lipinski definition) is 0. The number of halogens is 1. The average Bonchev–Trinajstić information content (AvgIpc) is 3.26. The van der Waals surface area contributed by atoms with Crippen LogP contribution in [0.25, 0.3) is 51.5 Å². The minimum Gasteiger partial charge on any atom is -0.135 e. The second-order valence-electron chi connectivity index (χ2n) is 6.67. The Morgan fingerprint density at radius 3 is 1.85 bits per heavy atom. The fourth-order valence-corrected chi connectivity index (χ4v) is 6.54. The maximum Gasteiger partial charge on any atom is 0.0491 e. The average molecular weight is 401 g/mol. The summed E-state index contributed by atoms with van der Waals surface area (Å²) in [6.45, 7) is 0. The molecule has 0 fully saturated rings. The van der Waals surface area contributed by atoms with Crippen LogP contribution in [-0.4, -0.2) is 0 Å². The normalized spacial score (nSPS) is 11.9. The van der Waals surface area contributed by atoms with Gasteiger partial charge in [0.15, 0.2) is 0 Å². The van der Waals surface area contributed by atoms with Crippen molar-refractivity contribution in [2.24, 2.45) is 0 Å². The van der Waals surface area contributed by atoms with Gasteiger partial charge in [0.05, 0.1) is 0 Å². The number of thiophene rings is 2. The van der Waals surface area contributed by atoms with Crippen molar-refractivity contribution in [1.82, 2.24) is 0 Å². The van der Waals surface area contributed by atoms with Crippen LogP contribution in [0.5, 0.6) is 0 Å². The highest BCUT2D eigenvalue weighted by Gasteiger charge is 2.18. The van der Waals surface area contributed by atoms with Gasteiger partial charge in [-0.05, 0) is 35.9 Å². The van der Waals surface area contributed by atoms with Crippen LogP contribution < -0.4 is 0 Å². The van der Waals surface area contributed by atoms with Crippen LogP contribution in [0.1, 0.15) is 0 Å². The van der Waals surface area contributed by atoms with E-state index in [1.165, 1.54) is 45.9 Å². The third kappa shape index (κ3) is 2.21. The van der Waals surface area contributed by atoms with Gasteiger partial charge in [-0.25, -0.2) is 0 Å². The number of rotatable bonds is 1. The Morgan fingerprint density at radius 1 is 0.519 bits per heavy atom. The van der Waals surface area contributed by atoms with Gasteiger partial charge < -0.3 is 0 Å². The quantitative estimate of drug-likeness (QED) is 0.259. The predicted molar refractivity (Wildman–Crippen MR) is 123 cm³/mol. The van der Waals surface area contributed by atoms with Gasteiger partial charge in [0, 0.05) is 50.9 Å². The number of benzene rings is 4. The molecule has 0 aliphatic rings. The lowest BCUT2D eigenvalue weighted by Crippen LogP contribution is -1.83. The van der Waals surface area contributed by atoms with Gasteiger partial charge in [-0.1, -0.05) is 60.1 Å². The van der Waals surface area contributed by atoms with E-state index in [4.69, 9.17) is 11.6 Å². The lowest BCUT2D eigenvalue weighted by atomic mass is 9.95. The maximum atomic E-state index is 6.82. The molecular formula is C24H13ClS2. The van der Waals surface area contributed by atoms with Crippen molar-refractivity contribution >= 4 is 74.6 Å². The molecule has 0 radical (unpaired) electrons. The zero-order chi connectivity index (χ0) is 18.0. The van der Waals surface area contributed by atoms with E-state index in [-0.39, 0.29) is 0 Å². The second kappa shape index (κ2) is 5.80. The van der Waals surface area contributed by atoms with Crippen LogP contribution in [0.3, 0.4) is 0 Å². The van der Waals surface area contributed by atoms with Crippen molar-refractivity contribution in [3.8, 4) is 11.1 Å². The van der Waals surface area contributed by atoms with Crippen LogP contribution in [0.4, 0.5) is 0 Å². The van der Waals surface area contributed by atoms with Gasteiger partial charge in [-0.3, -0.25) is 0 Å². The molecule has 3 heteroatoms. The molecule has 6 aromatic rings. The smallest absolute Gasteiger partial charge is 0.0491 e. The van der Waals surface area contributed by atoms with Crippen molar-refractivity contribution in [1.29, 1.82) is 0 Å². The Labute approximate surface area is 169 Å². The Hall–Kier alpha value is -2.39. The molecule has 0 amide bonds. The first-order valence-electron chi connectivity index (χ1n) is 8.81. The first-order valence-corrected chi connectivity index (χ1v) is 10.8. The Bertz CT molecular complexity index is 1490. The predicted octanol–water partition coefficient (Wildman–Crippen LogP) is 8.74. The van der Waals surface area contributed by atoms with E-state index in [1.54, 1.807) is 0 Å². The highest BCUT2D eigenvalue weighted by Crippen LogP contribution is 2.47. The lowest BCUT2D eigenvalue weighted by molar-refractivity contribution is 1.75. The standard InChI is InChI=1S/C24H13ClS2/c25-17-12-13-21-24(15-7-2-4-10-19(15)27-21)23(17)16-8-5-11-20-22(16)14-6-1-3-9-18(14)26-20/h1-13H. The molecule has 0 aliphatic carbocycles. The fourth-order valence-electron chi connectivity index (χ4n) is 4.04. The highest BCUT2D eigenvalue weighted by atomic mass is 35.5. The first kappa shape index (κ1) is 15.6. The molecule has 0 spiro atoms. The van der Waals surface area contributed by atoms with Gasteiger partial charge in [0.2, 0.25) is 0 Å². The van der Waals surface area contributed by atoms with Crippen LogP contribution in [0.2, 0.25) is 5.02 Å². The van der Waals surface area contributed by atoms with Crippen LogP contribution >= 0.6 is 34.3 Å². The van der Waals surface area contributed by atoms with E-state index in [2.05, 4.69) is 72.8 Å². The molecule has 0 saturated carbocycles. The SMILES string of the molecule is Clc1ccc2sc3ccccc3c2c1-c1cccc2sc3ccccc3c12. The third-order valence-electron chi connectivity index (χ3n) is 5.16. The summed E-state index contributed by atoms with van der Waals surface area (Å²) in [6, 6.07) is 28.0. The molecule has 0 nitrogen and oxygen atoms in total. The zero-order valence-corrected chi connectivity index (χ0v) is 16.6. The molecule has 2 aromatic heterocycles. The van der Waals surface area contributed by atoms with Crippen LogP contribution in [0, 0.1) is 0 Å². The zero-order valence-electron chi connectivity index (χ0n) is 14.2. The molecule has 0 atom stereocenters. The van der Waals surface area contributed by atoms with Gasteiger partial charge in [0.1, 0.15) is 0 Å². The van der Waals surface area contributed by atoms with E-state index in [0.717, 1.165) is 10.6 Å². The van der Waals surface area contributed by atoms with E-state index in [0.29, 0.717) is 0 Å². The van der Waals surface area contributed by atoms with Crippen molar-refractivity contribution in [2.45, 2.75) is 0 Å². The molecule has 27 heavy (non-hydrogen) atoms. The highest BCUT2D eigenvalue weighted by molar-refractivity contribution is 7.26. The summed E-state index contributed by atoms with van der Waals surface area (Å²) in [4.78, 5) is 0. The van der Waals surface area contributed by atoms with E-state index in [9.17, 15) is 0 Å². The minimum atomic E-state index is 0.814. The Morgan fingerprint density at radius 2 is 1.11 bits per heavy atom. The van der Waals surface area contributed by atoms with Crippen molar-refractivity contribution < 1.29 is 0 Å². The Balaban J connectivity index is 1.85. The fraction of sp³-hybridized carbons (Fsp3) is 0. The Kier molecular flexibility index (Phi) is 3.36. The van der Waals surface area contributed by atoms with Crippen molar-refractivity contribution in [2.75, 3.05) is 0 Å². The van der Waals surface area contributed by atoms with Crippen LogP contribution in [-0.2, 0) is 0 Å². The van der Waals surface area contributed by atoms with E-state index < -0.39 is 0 Å². The molecule has 0 bridgehead atoms. The molecular weight excluding hydrogens is 388 g/mol. The molecule has 2 heterocycles. The maximum absolute atomic E-state index is 6.82. The monoisotopic (exact) mass is 400 g/mol. The number of hydrogen-bond acceptors (Lipinski definition) is 2. The molecule has 0 unspecified atom stereocenters. The minimum absolute atomic E-state index is 0.814. The number of fused-ring (bicyclic) bond motifs is 6.